The van der Waals surface area contributed by atoms with Crippen LogP contribution in [0, 0.1) is 18.6 Å². The van der Waals surface area contributed by atoms with Gasteiger partial charge >= 0.3 is 18.1 Å². The van der Waals surface area contributed by atoms with Gasteiger partial charge in [0.2, 0.25) is 0 Å². The lowest BCUT2D eigenvalue weighted by atomic mass is 10.2. The van der Waals surface area contributed by atoms with Crippen LogP contribution >= 0.6 is 0 Å². The Kier molecular flexibility index (Phi) is 5.05. The van der Waals surface area contributed by atoms with Gasteiger partial charge < -0.3 is 9.47 Å². The summed E-state index contributed by atoms with van der Waals surface area (Å²) in [6, 6.07) is 5.73. The second-order valence-corrected chi connectivity index (χ2v) is 4.78. The quantitative estimate of drug-likeness (QED) is 0.354. The highest BCUT2D eigenvalue weighted by atomic mass is 19.4. The number of aryl methyl sites for hydroxylation is 1. The first-order chi connectivity index (χ1) is 11.6. The molecule has 0 heterocycles. The average molecular weight is 360 g/mol. The third-order valence-corrected chi connectivity index (χ3v) is 3.00. The summed E-state index contributed by atoms with van der Waals surface area (Å²) in [4.78, 5) is 23.1. The highest BCUT2D eigenvalue weighted by molar-refractivity contribution is 6.31. The number of hydrogen-bond donors (Lipinski definition) is 0. The number of ether oxygens (including phenoxy) is 2. The van der Waals surface area contributed by atoms with Crippen molar-refractivity contribution in [1.82, 2.24) is 0 Å². The molecule has 0 aromatic heterocycles. The Morgan fingerprint density at radius 2 is 1.32 bits per heavy atom. The van der Waals surface area contributed by atoms with E-state index in [0.717, 1.165) is 18.2 Å². The summed E-state index contributed by atoms with van der Waals surface area (Å²) in [5, 5.41) is 0. The van der Waals surface area contributed by atoms with E-state index in [0.29, 0.717) is 6.07 Å². The van der Waals surface area contributed by atoms with Crippen LogP contribution in [0.5, 0.6) is 11.5 Å². The number of carbonyl (C=O) groups excluding carboxylic acids is 2. The first-order valence-corrected chi connectivity index (χ1v) is 6.66. The van der Waals surface area contributed by atoms with Crippen molar-refractivity contribution in [2.24, 2.45) is 0 Å². The minimum Gasteiger partial charge on any atom is -0.415 e. The Balaban J connectivity index is 2.17. The van der Waals surface area contributed by atoms with Gasteiger partial charge in [0.05, 0.1) is 5.56 Å². The third kappa shape index (κ3) is 4.11. The molecule has 2 aromatic rings. The molecule has 0 atom stereocenters. The molecule has 0 bridgehead atoms. The van der Waals surface area contributed by atoms with Gasteiger partial charge in [-0.2, -0.15) is 13.2 Å². The zero-order valence-electron chi connectivity index (χ0n) is 12.5. The molecule has 0 amide bonds. The second kappa shape index (κ2) is 6.88. The number of halogens is 5. The number of benzene rings is 2. The first-order valence-electron chi connectivity index (χ1n) is 6.66. The van der Waals surface area contributed by atoms with Gasteiger partial charge in [0.25, 0.3) is 0 Å². The van der Waals surface area contributed by atoms with Crippen molar-refractivity contribution in [1.29, 1.82) is 0 Å². The SMILES string of the molecule is Cc1cccc(OC(=O)C(=O)Oc2cccc(C(F)(F)F)c2F)c1F. The molecule has 0 saturated carbocycles. The second-order valence-electron chi connectivity index (χ2n) is 4.78. The van der Waals surface area contributed by atoms with Crippen molar-refractivity contribution in [3.05, 3.63) is 59.2 Å². The minimum atomic E-state index is -5.02. The summed E-state index contributed by atoms with van der Waals surface area (Å²) >= 11 is 0. The molecular weight excluding hydrogens is 351 g/mol. The van der Waals surface area contributed by atoms with Crippen LogP contribution in [-0.4, -0.2) is 11.9 Å². The number of rotatable bonds is 2. The molecule has 25 heavy (non-hydrogen) atoms. The summed E-state index contributed by atoms with van der Waals surface area (Å²) in [6.07, 6.45) is -5.02. The van der Waals surface area contributed by atoms with Gasteiger partial charge in [-0.25, -0.2) is 18.4 Å². The van der Waals surface area contributed by atoms with Crippen LogP contribution < -0.4 is 9.47 Å². The fraction of sp³-hybridized carbons (Fsp3) is 0.125. The monoisotopic (exact) mass is 360 g/mol. The maximum atomic E-state index is 13.7. The summed E-state index contributed by atoms with van der Waals surface area (Å²) in [5.74, 6) is -7.99. The predicted octanol–water partition coefficient (Wildman–Crippen LogP) is 3.80. The van der Waals surface area contributed by atoms with Crippen molar-refractivity contribution >= 4 is 11.9 Å². The van der Waals surface area contributed by atoms with Gasteiger partial charge in [-0.3, -0.25) is 0 Å². The lowest BCUT2D eigenvalue weighted by molar-refractivity contribution is -0.156. The van der Waals surface area contributed by atoms with E-state index in [4.69, 9.17) is 0 Å². The van der Waals surface area contributed by atoms with E-state index in [1.165, 1.54) is 19.1 Å². The molecule has 4 nitrogen and oxygen atoms in total. The lowest BCUT2D eigenvalue weighted by Crippen LogP contribution is -2.26. The first kappa shape index (κ1) is 18.4. The third-order valence-electron chi connectivity index (χ3n) is 3.00. The number of esters is 2. The normalized spacial score (nSPS) is 11.1. The molecule has 0 aliphatic carbocycles. The molecule has 9 heteroatoms. The maximum Gasteiger partial charge on any atom is 0.423 e. The van der Waals surface area contributed by atoms with Crippen LogP contribution in [0.25, 0.3) is 0 Å². The van der Waals surface area contributed by atoms with Gasteiger partial charge in [0, 0.05) is 0 Å². The standard InChI is InChI=1S/C16H9F5O4/c1-8-4-2-6-10(12(8)17)24-14(22)15(23)25-11-7-3-5-9(13(11)18)16(19,20)21/h2-7H,1H3. The lowest BCUT2D eigenvalue weighted by Gasteiger charge is -2.11. The molecular formula is C16H9F5O4. The van der Waals surface area contributed by atoms with Gasteiger partial charge in [-0.1, -0.05) is 18.2 Å². The molecule has 0 saturated heterocycles. The maximum absolute atomic E-state index is 13.7. The molecule has 0 spiro atoms. The van der Waals surface area contributed by atoms with E-state index in [-0.39, 0.29) is 5.56 Å². The largest absolute Gasteiger partial charge is 0.423 e. The molecule has 2 aromatic carbocycles. The van der Waals surface area contributed by atoms with Crippen LogP contribution in [0.4, 0.5) is 22.0 Å². The molecule has 0 aliphatic rings. The van der Waals surface area contributed by atoms with Crippen molar-refractivity contribution in [3.8, 4) is 11.5 Å². The number of hydrogen-bond acceptors (Lipinski definition) is 4. The summed E-state index contributed by atoms with van der Waals surface area (Å²) < 4.78 is 73.9. The van der Waals surface area contributed by atoms with Crippen LogP contribution in [0.1, 0.15) is 11.1 Å². The van der Waals surface area contributed by atoms with E-state index < -0.39 is 46.8 Å². The Hall–Kier alpha value is -2.97. The van der Waals surface area contributed by atoms with E-state index >= 15 is 0 Å². The van der Waals surface area contributed by atoms with Crippen molar-refractivity contribution in [3.63, 3.8) is 0 Å². The van der Waals surface area contributed by atoms with E-state index in [9.17, 15) is 31.5 Å². The molecule has 0 unspecified atom stereocenters. The van der Waals surface area contributed by atoms with Crippen LogP contribution in [0.3, 0.4) is 0 Å². The molecule has 2 rings (SSSR count). The molecule has 0 radical (unpaired) electrons. The van der Waals surface area contributed by atoms with E-state index in [1.807, 2.05) is 0 Å². The van der Waals surface area contributed by atoms with Crippen molar-refractivity contribution in [2.45, 2.75) is 13.1 Å². The molecule has 132 valence electrons. The van der Waals surface area contributed by atoms with Gasteiger partial charge in [0.15, 0.2) is 23.1 Å². The Labute approximate surface area is 137 Å². The fourth-order valence-electron chi connectivity index (χ4n) is 1.79. The predicted molar refractivity (Wildman–Crippen MR) is 73.8 cm³/mol. The van der Waals surface area contributed by atoms with Gasteiger partial charge in [-0.15, -0.1) is 0 Å². The van der Waals surface area contributed by atoms with Gasteiger partial charge in [0.1, 0.15) is 0 Å². The summed E-state index contributed by atoms with van der Waals surface area (Å²) in [5.41, 5.74) is -1.54. The topological polar surface area (TPSA) is 52.6 Å². The summed E-state index contributed by atoms with van der Waals surface area (Å²) in [7, 11) is 0. The minimum absolute atomic E-state index is 0.127. The van der Waals surface area contributed by atoms with Crippen molar-refractivity contribution < 1.29 is 41.0 Å². The summed E-state index contributed by atoms with van der Waals surface area (Å²) in [6.45, 7) is 1.38. The van der Waals surface area contributed by atoms with Crippen LogP contribution in [-0.2, 0) is 15.8 Å². The fourth-order valence-corrected chi connectivity index (χ4v) is 1.79. The molecule has 0 aliphatic heterocycles. The van der Waals surface area contributed by atoms with Crippen LogP contribution in [0.2, 0.25) is 0 Å². The zero-order valence-corrected chi connectivity index (χ0v) is 12.5. The van der Waals surface area contributed by atoms with Crippen LogP contribution in [0.15, 0.2) is 36.4 Å². The molecule has 0 N–H and O–H groups in total. The molecule has 0 fully saturated rings. The van der Waals surface area contributed by atoms with E-state index in [1.54, 1.807) is 0 Å². The number of alkyl halides is 3. The Bertz CT molecular complexity index is 830. The average Bonchev–Trinajstić information content (AvgIpc) is 2.52. The highest BCUT2D eigenvalue weighted by Gasteiger charge is 2.36. The zero-order chi connectivity index (χ0) is 18.8. The van der Waals surface area contributed by atoms with Crippen molar-refractivity contribution in [2.75, 3.05) is 0 Å². The highest BCUT2D eigenvalue weighted by Crippen LogP contribution is 2.34. The van der Waals surface area contributed by atoms with Gasteiger partial charge in [-0.05, 0) is 30.7 Å². The smallest absolute Gasteiger partial charge is 0.415 e. The Morgan fingerprint density at radius 1 is 0.840 bits per heavy atom. The van der Waals surface area contributed by atoms with E-state index in [2.05, 4.69) is 9.47 Å². The Morgan fingerprint density at radius 3 is 1.84 bits per heavy atom. The number of carbonyl (C=O) groups is 2.